The van der Waals surface area contributed by atoms with E-state index in [2.05, 4.69) is 10.7 Å². The number of nitrogens with zero attached hydrogens (tertiary/aromatic N) is 3. The molecule has 0 aliphatic carbocycles. The van der Waals surface area contributed by atoms with Crippen LogP contribution in [0.1, 0.15) is 13.8 Å². The fraction of sp³-hybridized carbons (Fsp3) is 0.231. The van der Waals surface area contributed by atoms with E-state index in [0.29, 0.717) is 4.31 Å². The number of hydrogen-bond donors (Lipinski definition) is 0. The van der Waals surface area contributed by atoms with E-state index in [1.54, 1.807) is 0 Å². The van der Waals surface area contributed by atoms with Crippen molar-refractivity contribution < 1.29 is 22.4 Å². The molecular weight excluding hydrogens is 297 g/mol. The summed E-state index contributed by atoms with van der Waals surface area (Å²) in [5, 5.41) is -1.05. The molecule has 0 N–H and O–H groups in total. The minimum atomic E-state index is -4.47. The number of ketones is 1. The molecule has 0 radical (unpaired) electrons. The first-order valence-corrected chi connectivity index (χ1v) is 7.18. The van der Waals surface area contributed by atoms with Crippen molar-refractivity contribution in [1.29, 1.82) is 0 Å². The lowest BCUT2D eigenvalue weighted by Crippen LogP contribution is -2.44. The number of hydrogen-bond acceptors (Lipinski definition) is 3. The van der Waals surface area contributed by atoms with Crippen molar-refractivity contribution in [1.82, 2.24) is 0 Å². The zero-order valence-electron chi connectivity index (χ0n) is 11.3. The van der Waals surface area contributed by atoms with Gasteiger partial charge in [-0.15, -0.1) is 11.2 Å². The van der Waals surface area contributed by atoms with Gasteiger partial charge in [0.25, 0.3) is 5.78 Å². The average Bonchev–Trinajstić information content (AvgIpc) is 2.40. The van der Waals surface area contributed by atoms with E-state index in [9.17, 15) is 17.6 Å². The second kappa shape index (κ2) is 6.31. The van der Waals surface area contributed by atoms with E-state index < -0.39 is 32.7 Å². The number of benzene rings is 1. The molecule has 0 aromatic heterocycles. The molecule has 0 saturated heterocycles. The number of Topliss-reactive ketones (excluding diaryl/α,β-unsaturated/α-hetero) is 1. The lowest BCUT2D eigenvalue weighted by atomic mass is 10.2. The minimum absolute atomic E-state index is 0.0456. The second-order valence-corrected chi connectivity index (χ2v) is 5.81. The molecule has 0 spiro atoms. The molecule has 0 aliphatic heterocycles. The van der Waals surface area contributed by atoms with Crippen molar-refractivity contribution in [3.05, 3.63) is 35.6 Å². The predicted octanol–water partition coefficient (Wildman–Crippen LogP) is 1.20. The molecule has 1 atom stereocenters. The fourth-order valence-electron chi connectivity index (χ4n) is 1.62. The van der Waals surface area contributed by atoms with E-state index in [1.165, 1.54) is 19.1 Å². The number of anilines is 1. The zero-order valence-corrected chi connectivity index (χ0v) is 12.1. The summed E-state index contributed by atoms with van der Waals surface area (Å²) in [6.45, 7) is 2.34. The summed E-state index contributed by atoms with van der Waals surface area (Å²) in [5.41, 5.74) is 8.82. The predicted molar refractivity (Wildman–Crippen MR) is 75.4 cm³/mol. The first-order chi connectivity index (χ1) is 9.75. The van der Waals surface area contributed by atoms with Gasteiger partial charge in [0.1, 0.15) is 11.9 Å². The lowest BCUT2D eigenvalue weighted by molar-refractivity contribution is -0.114. The van der Waals surface area contributed by atoms with Crippen LogP contribution in [0, 0.1) is 18.2 Å². The van der Waals surface area contributed by atoms with Gasteiger partial charge in [-0.05, 0) is 31.2 Å². The Morgan fingerprint density at radius 3 is 2.33 bits per heavy atom. The maximum Gasteiger partial charge on any atom is 0.466 e. The summed E-state index contributed by atoms with van der Waals surface area (Å²) in [7, 11) is -4.47. The first-order valence-electron chi connectivity index (χ1n) is 5.74. The molecule has 8 heteroatoms. The van der Waals surface area contributed by atoms with Gasteiger partial charge in [-0.2, -0.15) is 8.42 Å². The lowest BCUT2D eigenvalue weighted by Gasteiger charge is -2.24. The maximum atomic E-state index is 13.0. The topological polar surface area (TPSA) is 90.8 Å². The molecule has 0 heterocycles. The Bertz CT molecular complexity index is 744. The molecule has 1 unspecified atom stereocenters. The smallest absolute Gasteiger partial charge is 0.360 e. The molecule has 21 heavy (non-hydrogen) atoms. The van der Waals surface area contributed by atoms with Crippen LogP contribution >= 0.6 is 0 Å². The third kappa shape index (κ3) is 3.34. The fourth-order valence-corrected chi connectivity index (χ4v) is 3.15. The Kier molecular flexibility index (Phi) is 4.97. The third-order valence-electron chi connectivity index (χ3n) is 2.57. The van der Waals surface area contributed by atoms with Crippen LogP contribution in [0.5, 0.6) is 0 Å². The SMILES string of the molecule is C#CC(C)N(c1ccc(F)cc1)S(=O)(=O)C(=[N+]=[N-])C(C)=O. The summed E-state index contributed by atoms with van der Waals surface area (Å²) in [6, 6.07) is 3.50. The number of carbonyl (C=O) groups is 1. The van der Waals surface area contributed by atoms with E-state index in [0.717, 1.165) is 19.1 Å². The van der Waals surface area contributed by atoms with Crippen molar-refractivity contribution in [2.24, 2.45) is 0 Å². The van der Waals surface area contributed by atoms with Gasteiger partial charge in [-0.3, -0.25) is 4.79 Å². The third-order valence-corrected chi connectivity index (χ3v) is 4.47. The summed E-state index contributed by atoms with van der Waals surface area (Å²) < 4.78 is 38.5. The van der Waals surface area contributed by atoms with Gasteiger partial charge in [0.05, 0.1) is 5.69 Å². The molecule has 0 amide bonds. The van der Waals surface area contributed by atoms with E-state index in [4.69, 9.17) is 12.0 Å². The Morgan fingerprint density at radius 2 is 1.95 bits per heavy atom. The number of sulfonamides is 1. The molecule has 1 aromatic carbocycles. The molecular formula is C13H12FN3O3S. The Labute approximate surface area is 121 Å². The monoisotopic (exact) mass is 309 g/mol. The van der Waals surface area contributed by atoms with E-state index in [-0.39, 0.29) is 5.69 Å². The maximum absolute atomic E-state index is 13.0. The highest BCUT2D eigenvalue weighted by Gasteiger charge is 2.41. The van der Waals surface area contributed by atoms with Gasteiger partial charge >= 0.3 is 15.1 Å². The van der Waals surface area contributed by atoms with Crippen LogP contribution in [0.3, 0.4) is 0 Å². The number of carbonyl (C=O) groups excluding carboxylic acids is 1. The molecule has 0 saturated carbocycles. The highest BCUT2D eigenvalue weighted by Crippen LogP contribution is 2.22. The van der Waals surface area contributed by atoms with Crippen LogP contribution in [0.25, 0.3) is 5.53 Å². The minimum Gasteiger partial charge on any atom is -0.360 e. The average molecular weight is 309 g/mol. The highest BCUT2D eigenvalue weighted by atomic mass is 32.2. The number of terminal acetylenes is 1. The normalized spacial score (nSPS) is 11.9. The van der Waals surface area contributed by atoms with Crippen molar-refractivity contribution in [3.8, 4) is 12.3 Å². The van der Waals surface area contributed by atoms with E-state index in [1.807, 2.05) is 0 Å². The van der Waals surface area contributed by atoms with E-state index >= 15 is 0 Å². The molecule has 0 bridgehead atoms. The standard InChI is InChI=1S/C13H12FN3O3S/c1-4-9(2)17(12-7-5-11(14)6-8-12)21(19,20)13(16-15)10(3)18/h1,5-9H,2-3H3. The zero-order chi connectivity index (χ0) is 16.2. The molecule has 0 aliphatic rings. The van der Waals surface area contributed by atoms with Gasteiger partial charge in [-0.25, -0.2) is 8.70 Å². The quantitative estimate of drug-likeness (QED) is 0.275. The van der Waals surface area contributed by atoms with Crippen LogP contribution < -0.4 is 4.31 Å². The summed E-state index contributed by atoms with van der Waals surface area (Å²) >= 11 is 0. The van der Waals surface area contributed by atoms with Gasteiger partial charge in [0.2, 0.25) is 0 Å². The Hall–Kier alpha value is -2.49. The van der Waals surface area contributed by atoms with Crippen LogP contribution in [0.4, 0.5) is 10.1 Å². The largest absolute Gasteiger partial charge is 0.466 e. The Morgan fingerprint density at radius 1 is 1.43 bits per heavy atom. The molecule has 110 valence electrons. The van der Waals surface area contributed by atoms with Crippen LogP contribution in [0.15, 0.2) is 24.3 Å². The van der Waals surface area contributed by atoms with Crippen molar-refractivity contribution in [2.45, 2.75) is 19.9 Å². The Balaban J connectivity index is 3.54. The van der Waals surface area contributed by atoms with Crippen molar-refractivity contribution in [2.75, 3.05) is 4.31 Å². The van der Waals surface area contributed by atoms with Gasteiger partial charge in [0, 0.05) is 6.92 Å². The van der Waals surface area contributed by atoms with Gasteiger partial charge in [0.15, 0.2) is 0 Å². The van der Waals surface area contributed by atoms with Gasteiger partial charge < -0.3 is 5.53 Å². The molecule has 1 aromatic rings. The number of halogens is 1. The van der Waals surface area contributed by atoms with Crippen molar-refractivity contribution >= 4 is 26.5 Å². The summed E-state index contributed by atoms with van der Waals surface area (Å²) in [5.74, 6) is 0.694. The highest BCUT2D eigenvalue weighted by molar-refractivity contribution is 8.09. The first kappa shape index (κ1) is 16.6. The molecule has 6 nitrogen and oxygen atoms in total. The molecule has 1 rings (SSSR count). The second-order valence-electron chi connectivity index (χ2n) is 4.08. The van der Waals surface area contributed by atoms with Crippen LogP contribution in [-0.4, -0.2) is 30.1 Å². The van der Waals surface area contributed by atoms with Crippen molar-refractivity contribution in [3.63, 3.8) is 0 Å². The summed E-state index contributed by atoms with van der Waals surface area (Å²) in [4.78, 5) is 13.8. The van der Waals surface area contributed by atoms with Crippen LogP contribution in [0.2, 0.25) is 0 Å². The van der Waals surface area contributed by atoms with Gasteiger partial charge in [-0.1, -0.05) is 5.92 Å². The van der Waals surface area contributed by atoms with Crippen LogP contribution in [-0.2, 0) is 14.8 Å². The summed E-state index contributed by atoms with van der Waals surface area (Å²) in [6.07, 6.45) is 5.24. The number of rotatable bonds is 4. The molecule has 0 fully saturated rings.